The molecule has 0 aromatic carbocycles. The SMILES string of the molecule is O=[N+]([O-])c1ccc(N2CCN(C3CCNC3)CC2)nc1. The molecule has 7 heteroatoms. The van der Waals surface area contributed by atoms with Crippen molar-refractivity contribution in [3.63, 3.8) is 0 Å². The Hall–Kier alpha value is -1.73. The Morgan fingerprint density at radius 3 is 2.65 bits per heavy atom. The van der Waals surface area contributed by atoms with Crippen molar-refractivity contribution in [2.75, 3.05) is 44.2 Å². The highest BCUT2D eigenvalue weighted by Gasteiger charge is 2.26. The Labute approximate surface area is 117 Å². The summed E-state index contributed by atoms with van der Waals surface area (Å²) < 4.78 is 0. The molecule has 7 nitrogen and oxygen atoms in total. The van der Waals surface area contributed by atoms with Crippen LogP contribution in [0.3, 0.4) is 0 Å². The van der Waals surface area contributed by atoms with E-state index in [2.05, 4.69) is 20.1 Å². The second-order valence-corrected chi connectivity index (χ2v) is 5.30. The minimum atomic E-state index is -0.415. The van der Waals surface area contributed by atoms with Crippen LogP contribution in [0.5, 0.6) is 0 Å². The molecule has 2 fully saturated rings. The van der Waals surface area contributed by atoms with Crippen molar-refractivity contribution in [3.05, 3.63) is 28.4 Å². The Kier molecular flexibility index (Phi) is 3.79. The molecule has 2 aliphatic rings. The van der Waals surface area contributed by atoms with Crippen molar-refractivity contribution in [2.24, 2.45) is 0 Å². The first kappa shape index (κ1) is 13.3. The van der Waals surface area contributed by atoms with E-state index in [0.29, 0.717) is 6.04 Å². The highest BCUT2D eigenvalue weighted by Crippen LogP contribution is 2.19. The minimum absolute atomic E-state index is 0.0458. The van der Waals surface area contributed by atoms with Gasteiger partial charge in [-0.2, -0.15) is 0 Å². The molecule has 3 rings (SSSR count). The van der Waals surface area contributed by atoms with E-state index in [1.165, 1.54) is 18.7 Å². The molecule has 20 heavy (non-hydrogen) atoms. The Morgan fingerprint density at radius 2 is 2.10 bits per heavy atom. The monoisotopic (exact) mass is 277 g/mol. The van der Waals surface area contributed by atoms with E-state index in [-0.39, 0.29) is 5.69 Å². The maximum absolute atomic E-state index is 10.6. The van der Waals surface area contributed by atoms with Gasteiger partial charge in [0, 0.05) is 44.8 Å². The highest BCUT2D eigenvalue weighted by atomic mass is 16.6. The molecular weight excluding hydrogens is 258 g/mol. The van der Waals surface area contributed by atoms with Gasteiger partial charge in [-0.1, -0.05) is 0 Å². The molecule has 0 spiro atoms. The highest BCUT2D eigenvalue weighted by molar-refractivity contribution is 5.43. The molecule has 3 heterocycles. The molecule has 0 radical (unpaired) electrons. The van der Waals surface area contributed by atoms with E-state index in [9.17, 15) is 10.1 Å². The van der Waals surface area contributed by atoms with Crippen LogP contribution in [0.1, 0.15) is 6.42 Å². The van der Waals surface area contributed by atoms with Crippen LogP contribution in [0.15, 0.2) is 18.3 Å². The average molecular weight is 277 g/mol. The van der Waals surface area contributed by atoms with Crippen LogP contribution >= 0.6 is 0 Å². The van der Waals surface area contributed by atoms with E-state index >= 15 is 0 Å². The summed E-state index contributed by atoms with van der Waals surface area (Å²) in [5.74, 6) is 0.833. The number of pyridine rings is 1. The second kappa shape index (κ2) is 5.72. The molecule has 0 aliphatic carbocycles. The fourth-order valence-corrected chi connectivity index (χ4v) is 2.94. The molecule has 2 saturated heterocycles. The van der Waals surface area contributed by atoms with Crippen molar-refractivity contribution < 1.29 is 4.92 Å². The molecular formula is C13H19N5O2. The van der Waals surface area contributed by atoms with Gasteiger partial charge in [0.05, 0.1) is 4.92 Å². The zero-order valence-corrected chi connectivity index (χ0v) is 11.4. The lowest BCUT2D eigenvalue weighted by molar-refractivity contribution is -0.385. The van der Waals surface area contributed by atoms with Gasteiger partial charge in [0.25, 0.3) is 5.69 Å². The Balaban J connectivity index is 1.58. The molecule has 0 amide bonds. The molecule has 1 aromatic rings. The minimum Gasteiger partial charge on any atom is -0.354 e. The maximum Gasteiger partial charge on any atom is 0.287 e. The van der Waals surface area contributed by atoms with Crippen LogP contribution in [-0.2, 0) is 0 Å². The van der Waals surface area contributed by atoms with E-state index in [4.69, 9.17) is 0 Å². The van der Waals surface area contributed by atoms with Crippen molar-refractivity contribution in [2.45, 2.75) is 12.5 Å². The Bertz CT molecular complexity index is 464. The molecule has 1 atom stereocenters. The number of hydrogen-bond acceptors (Lipinski definition) is 6. The number of rotatable bonds is 3. The summed E-state index contributed by atoms with van der Waals surface area (Å²) >= 11 is 0. The van der Waals surface area contributed by atoms with Gasteiger partial charge in [-0.25, -0.2) is 4.98 Å². The van der Waals surface area contributed by atoms with Gasteiger partial charge in [-0.15, -0.1) is 0 Å². The Morgan fingerprint density at radius 1 is 1.30 bits per heavy atom. The number of piperazine rings is 1. The molecule has 1 N–H and O–H groups in total. The van der Waals surface area contributed by atoms with Gasteiger partial charge in [-0.3, -0.25) is 15.0 Å². The number of nitrogens with zero attached hydrogens (tertiary/aromatic N) is 4. The summed E-state index contributed by atoms with van der Waals surface area (Å²) in [4.78, 5) is 19.1. The number of nitro groups is 1. The van der Waals surface area contributed by atoms with Crippen LogP contribution < -0.4 is 10.2 Å². The molecule has 1 aromatic heterocycles. The lowest BCUT2D eigenvalue weighted by atomic mass is 10.2. The van der Waals surface area contributed by atoms with Gasteiger partial charge in [0.1, 0.15) is 12.0 Å². The summed E-state index contributed by atoms with van der Waals surface area (Å²) in [5, 5.41) is 14.0. The standard InChI is InChI=1S/C13H19N5O2/c19-18(20)12-1-2-13(15-10-12)17-7-5-16(6-8-17)11-3-4-14-9-11/h1-2,10-11,14H,3-9H2. The van der Waals surface area contributed by atoms with E-state index in [1.807, 2.05) is 0 Å². The van der Waals surface area contributed by atoms with E-state index in [1.54, 1.807) is 6.07 Å². The van der Waals surface area contributed by atoms with Gasteiger partial charge in [-0.05, 0) is 19.0 Å². The third-order valence-electron chi connectivity index (χ3n) is 4.13. The first-order valence-corrected chi connectivity index (χ1v) is 7.04. The first-order valence-electron chi connectivity index (χ1n) is 7.04. The van der Waals surface area contributed by atoms with Gasteiger partial charge in [0.15, 0.2) is 0 Å². The second-order valence-electron chi connectivity index (χ2n) is 5.30. The van der Waals surface area contributed by atoms with Crippen LogP contribution in [-0.4, -0.2) is 60.1 Å². The summed E-state index contributed by atoms with van der Waals surface area (Å²) in [6.07, 6.45) is 2.57. The van der Waals surface area contributed by atoms with Gasteiger partial charge >= 0.3 is 0 Å². The van der Waals surface area contributed by atoms with Crippen LogP contribution in [0.2, 0.25) is 0 Å². The fourth-order valence-electron chi connectivity index (χ4n) is 2.94. The fraction of sp³-hybridized carbons (Fsp3) is 0.615. The number of nitrogens with one attached hydrogen (secondary N) is 1. The van der Waals surface area contributed by atoms with Crippen molar-refractivity contribution in [1.29, 1.82) is 0 Å². The van der Waals surface area contributed by atoms with Crippen molar-refractivity contribution in [1.82, 2.24) is 15.2 Å². The summed E-state index contributed by atoms with van der Waals surface area (Å²) in [5.41, 5.74) is 0.0458. The zero-order valence-electron chi connectivity index (χ0n) is 11.4. The third-order valence-corrected chi connectivity index (χ3v) is 4.13. The molecule has 108 valence electrons. The van der Waals surface area contributed by atoms with Crippen LogP contribution in [0.4, 0.5) is 11.5 Å². The number of anilines is 1. The largest absolute Gasteiger partial charge is 0.354 e. The van der Waals surface area contributed by atoms with E-state index in [0.717, 1.165) is 45.1 Å². The average Bonchev–Trinajstić information content (AvgIpc) is 3.02. The number of hydrogen-bond donors (Lipinski definition) is 1. The van der Waals surface area contributed by atoms with E-state index < -0.39 is 4.92 Å². The summed E-state index contributed by atoms with van der Waals surface area (Å²) in [6, 6.07) is 3.93. The quantitative estimate of drug-likeness (QED) is 0.639. The smallest absolute Gasteiger partial charge is 0.287 e. The maximum atomic E-state index is 10.6. The topological polar surface area (TPSA) is 74.5 Å². The molecule has 0 bridgehead atoms. The van der Waals surface area contributed by atoms with Crippen LogP contribution in [0, 0.1) is 10.1 Å². The van der Waals surface area contributed by atoms with Crippen LogP contribution in [0.25, 0.3) is 0 Å². The predicted molar refractivity (Wildman–Crippen MR) is 76.0 cm³/mol. The van der Waals surface area contributed by atoms with Gasteiger partial charge in [0.2, 0.25) is 0 Å². The molecule has 1 unspecified atom stereocenters. The summed E-state index contributed by atoms with van der Waals surface area (Å²) in [7, 11) is 0. The van der Waals surface area contributed by atoms with Gasteiger partial charge < -0.3 is 10.2 Å². The zero-order chi connectivity index (χ0) is 13.9. The first-order chi connectivity index (χ1) is 9.74. The predicted octanol–water partition coefficient (Wildman–Crippen LogP) is 0.474. The molecule has 0 saturated carbocycles. The van der Waals surface area contributed by atoms with Crippen molar-refractivity contribution in [3.8, 4) is 0 Å². The number of aromatic nitrogens is 1. The summed E-state index contributed by atoms with van der Waals surface area (Å²) in [6.45, 7) is 6.14. The normalized spacial score (nSPS) is 24.0. The lowest BCUT2D eigenvalue weighted by Crippen LogP contribution is -2.51. The van der Waals surface area contributed by atoms with Crippen molar-refractivity contribution >= 4 is 11.5 Å². The third kappa shape index (κ3) is 2.73. The lowest BCUT2D eigenvalue weighted by Gasteiger charge is -2.38. The molecule has 2 aliphatic heterocycles.